The lowest BCUT2D eigenvalue weighted by Gasteiger charge is -2.19. The molecule has 0 radical (unpaired) electrons. The normalized spacial score (nSPS) is 13.7. The van der Waals surface area contributed by atoms with Crippen LogP contribution < -0.4 is 16.2 Å². The van der Waals surface area contributed by atoms with Gasteiger partial charge in [0.25, 0.3) is 0 Å². The number of nitrogens with two attached hydrogens (primary N) is 2. The second-order valence-electron chi connectivity index (χ2n) is 4.72. The molecule has 1 aromatic heterocycles. The summed E-state index contributed by atoms with van der Waals surface area (Å²) in [4.78, 5) is 3.61. The second kappa shape index (κ2) is 6.51. The molecule has 0 aromatic carbocycles. The number of sulfonamides is 1. The summed E-state index contributed by atoms with van der Waals surface area (Å²) < 4.78 is 26.9. The summed E-state index contributed by atoms with van der Waals surface area (Å²) in [6, 6.07) is 0.929. The van der Waals surface area contributed by atoms with E-state index >= 15 is 0 Å². The van der Waals surface area contributed by atoms with Crippen molar-refractivity contribution in [2.45, 2.75) is 31.2 Å². The van der Waals surface area contributed by atoms with Crippen LogP contribution >= 0.6 is 11.6 Å². The molecule has 8 heteroatoms. The van der Waals surface area contributed by atoms with Gasteiger partial charge < -0.3 is 11.5 Å². The van der Waals surface area contributed by atoms with Gasteiger partial charge in [-0.05, 0) is 18.4 Å². The molecule has 0 amide bonds. The molecule has 0 aliphatic heterocycles. The third-order valence-corrected chi connectivity index (χ3v) is 4.26. The Hall–Kier alpha value is -0.890. The molecule has 0 fully saturated rings. The van der Waals surface area contributed by atoms with Gasteiger partial charge in [0.15, 0.2) is 0 Å². The van der Waals surface area contributed by atoms with Crippen molar-refractivity contribution in [3.8, 4) is 0 Å². The number of hydrogen-bond acceptors (Lipinski definition) is 5. The summed E-state index contributed by atoms with van der Waals surface area (Å²) in [5.41, 5.74) is 11.1. The molecule has 1 heterocycles. The van der Waals surface area contributed by atoms with Crippen LogP contribution in [0.3, 0.4) is 0 Å². The predicted molar refractivity (Wildman–Crippen MR) is 76.3 cm³/mol. The summed E-state index contributed by atoms with van der Waals surface area (Å²) in [6.45, 7) is 4.20. The first-order chi connectivity index (χ1) is 8.76. The Morgan fingerprint density at radius 3 is 2.63 bits per heavy atom. The van der Waals surface area contributed by atoms with Gasteiger partial charge in [0.1, 0.15) is 10.7 Å². The molecule has 0 saturated carbocycles. The minimum atomic E-state index is -3.77. The standard InChI is InChI=1S/C11H19ClN4O2S/c1-7(2)3-9(5-13)16-19(17,18)10-4-8(12)6-15-11(10)14/h4,6-7,9,16H,3,5,13H2,1-2H3,(H2,14,15). The molecule has 0 saturated heterocycles. The van der Waals surface area contributed by atoms with Crippen LogP contribution in [0.1, 0.15) is 20.3 Å². The monoisotopic (exact) mass is 306 g/mol. The minimum absolute atomic E-state index is 0.0859. The highest BCUT2D eigenvalue weighted by Gasteiger charge is 2.23. The molecule has 1 rings (SSSR count). The van der Waals surface area contributed by atoms with Gasteiger partial charge in [0.05, 0.1) is 5.02 Å². The summed E-state index contributed by atoms with van der Waals surface area (Å²) >= 11 is 5.74. The van der Waals surface area contributed by atoms with Crippen molar-refractivity contribution in [1.82, 2.24) is 9.71 Å². The van der Waals surface area contributed by atoms with Gasteiger partial charge in [-0.3, -0.25) is 0 Å². The second-order valence-corrected chi connectivity index (χ2v) is 6.84. The summed E-state index contributed by atoms with van der Waals surface area (Å²) in [5, 5.41) is 0.211. The van der Waals surface area contributed by atoms with Gasteiger partial charge in [0, 0.05) is 18.8 Å². The highest BCUT2D eigenvalue weighted by atomic mass is 35.5. The number of hydrogen-bond donors (Lipinski definition) is 3. The first kappa shape index (κ1) is 16.2. The zero-order valence-electron chi connectivity index (χ0n) is 10.9. The van der Waals surface area contributed by atoms with E-state index in [2.05, 4.69) is 9.71 Å². The largest absolute Gasteiger partial charge is 0.383 e. The van der Waals surface area contributed by atoms with Crippen LogP contribution in [-0.2, 0) is 10.0 Å². The Morgan fingerprint density at radius 2 is 2.11 bits per heavy atom. The summed E-state index contributed by atoms with van der Waals surface area (Å²) in [5.74, 6) is 0.239. The van der Waals surface area contributed by atoms with E-state index in [1.54, 1.807) is 0 Å². The molecule has 1 unspecified atom stereocenters. The van der Waals surface area contributed by atoms with Crippen LogP contribution in [0.15, 0.2) is 17.2 Å². The van der Waals surface area contributed by atoms with Gasteiger partial charge in [-0.15, -0.1) is 0 Å². The number of nitrogen functional groups attached to an aromatic ring is 1. The smallest absolute Gasteiger partial charge is 0.244 e. The van der Waals surface area contributed by atoms with E-state index in [1.807, 2.05) is 13.8 Å². The maximum absolute atomic E-state index is 12.2. The average Bonchev–Trinajstić information content (AvgIpc) is 2.30. The van der Waals surface area contributed by atoms with E-state index in [9.17, 15) is 8.42 Å². The van der Waals surface area contributed by atoms with Crippen LogP contribution in [0.25, 0.3) is 0 Å². The van der Waals surface area contributed by atoms with E-state index in [1.165, 1.54) is 12.3 Å². The third kappa shape index (κ3) is 4.61. The number of aromatic nitrogens is 1. The van der Waals surface area contributed by atoms with Gasteiger partial charge in [0.2, 0.25) is 10.0 Å². The Bertz CT molecular complexity index is 533. The van der Waals surface area contributed by atoms with Crippen molar-refractivity contribution in [2.24, 2.45) is 11.7 Å². The van der Waals surface area contributed by atoms with Crippen molar-refractivity contribution in [1.29, 1.82) is 0 Å². The lowest BCUT2D eigenvalue weighted by molar-refractivity contribution is 0.465. The predicted octanol–water partition coefficient (Wildman–Crippen LogP) is 0.969. The maximum atomic E-state index is 12.2. The first-order valence-electron chi connectivity index (χ1n) is 5.89. The lowest BCUT2D eigenvalue weighted by atomic mass is 10.1. The topological polar surface area (TPSA) is 111 Å². The summed E-state index contributed by atoms with van der Waals surface area (Å²) in [7, 11) is -3.77. The quantitative estimate of drug-likeness (QED) is 0.725. The molecular formula is C11H19ClN4O2S. The van der Waals surface area contributed by atoms with Gasteiger partial charge >= 0.3 is 0 Å². The Kier molecular flexibility index (Phi) is 5.54. The lowest BCUT2D eigenvalue weighted by Crippen LogP contribution is -2.41. The zero-order valence-corrected chi connectivity index (χ0v) is 12.5. The van der Waals surface area contributed by atoms with E-state index in [0.29, 0.717) is 12.3 Å². The number of rotatable bonds is 6. The highest BCUT2D eigenvalue weighted by molar-refractivity contribution is 7.89. The van der Waals surface area contributed by atoms with Crippen molar-refractivity contribution >= 4 is 27.4 Å². The van der Waals surface area contributed by atoms with Crippen molar-refractivity contribution < 1.29 is 8.42 Å². The van der Waals surface area contributed by atoms with E-state index in [-0.39, 0.29) is 28.3 Å². The molecule has 0 aliphatic rings. The minimum Gasteiger partial charge on any atom is -0.383 e. The molecule has 0 bridgehead atoms. The SMILES string of the molecule is CC(C)CC(CN)NS(=O)(=O)c1cc(Cl)cnc1N. The maximum Gasteiger partial charge on any atom is 0.244 e. The average molecular weight is 307 g/mol. The summed E-state index contributed by atoms with van der Waals surface area (Å²) in [6.07, 6.45) is 1.94. The fourth-order valence-electron chi connectivity index (χ4n) is 1.69. The number of halogens is 1. The number of nitrogens with zero attached hydrogens (tertiary/aromatic N) is 1. The molecule has 108 valence electrons. The van der Waals surface area contributed by atoms with Crippen LogP contribution in [0, 0.1) is 5.92 Å². The molecule has 0 aliphatic carbocycles. The van der Waals surface area contributed by atoms with Gasteiger partial charge in [-0.2, -0.15) is 0 Å². The molecule has 0 spiro atoms. The molecule has 6 nitrogen and oxygen atoms in total. The van der Waals surface area contributed by atoms with Crippen LogP contribution in [0.2, 0.25) is 5.02 Å². The highest BCUT2D eigenvalue weighted by Crippen LogP contribution is 2.20. The Morgan fingerprint density at radius 1 is 1.47 bits per heavy atom. The van der Waals surface area contributed by atoms with Gasteiger partial charge in [-0.1, -0.05) is 25.4 Å². The fourth-order valence-corrected chi connectivity index (χ4v) is 3.28. The van der Waals surface area contributed by atoms with E-state index in [4.69, 9.17) is 23.1 Å². The number of pyridine rings is 1. The van der Waals surface area contributed by atoms with Crippen LogP contribution in [0.5, 0.6) is 0 Å². The van der Waals surface area contributed by atoms with Crippen molar-refractivity contribution in [3.63, 3.8) is 0 Å². The molecule has 1 aromatic rings. The van der Waals surface area contributed by atoms with E-state index < -0.39 is 10.0 Å². The molecule has 19 heavy (non-hydrogen) atoms. The molecule has 1 atom stereocenters. The third-order valence-electron chi connectivity index (χ3n) is 2.50. The molecular weight excluding hydrogens is 288 g/mol. The number of anilines is 1. The molecule has 5 N–H and O–H groups in total. The van der Waals surface area contributed by atoms with E-state index in [0.717, 1.165) is 0 Å². The Labute approximate surface area is 118 Å². The Balaban J connectivity index is 3.00. The zero-order chi connectivity index (χ0) is 14.6. The van der Waals surface area contributed by atoms with Crippen molar-refractivity contribution in [3.05, 3.63) is 17.3 Å². The first-order valence-corrected chi connectivity index (χ1v) is 7.75. The van der Waals surface area contributed by atoms with Crippen molar-refractivity contribution in [2.75, 3.05) is 12.3 Å². The van der Waals surface area contributed by atoms with Gasteiger partial charge in [-0.25, -0.2) is 18.1 Å². The van der Waals surface area contributed by atoms with Crippen LogP contribution in [-0.4, -0.2) is 26.0 Å². The number of nitrogens with one attached hydrogen (secondary N) is 1. The van der Waals surface area contributed by atoms with Crippen LogP contribution in [0.4, 0.5) is 5.82 Å². The fraction of sp³-hybridized carbons (Fsp3) is 0.545.